The topological polar surface area (TPSA) is 57.8 Å². The Morgan fingerprint density at radius 1 is 1.47 bits per heavy atom. The largest absolute Gasteiger partial charge is 0.355 e. The van der Waals surface area contributed by atoms with Gasteiger partial charge in [0.15, 0.2) is 0 Å². The highest BCUT2D eigenvalue weighted by Gasteiger charge is 2.39. The van der Waals surface area contributed by atoms with Crippen molar-refractivity contribution in [3.8, 4) is 0 Å². The van der Waals surface area contributed by atoms with Crippen molar-refractivity contribution in [1.29, 1.82) is 0 Å². The first-order valence-electron chi connectivity index (χ1n) is 6.27. The van der Waals surface area contributed by atoms with Gasteiger partial charge in [-0.15, -0.1) is 0 Å². The van der Waals surface area contributed by atoms with Crippen molar-refractivity contribution in [2.75, 3.05) is 6.54 Å². The monoisotopic (exact) mass is 231 g/mol. The molecule has 1 amide bonds. The Kier molecular flexibility index (Phi) is 2.71. The summed E-state index contributed by atoms with van der Waals surface area (Å²) in [4.78, 5) is 19.2. The molecule has 2 bridgehead atoms. The van der Waals surface area contributed by atoms with Gasteiger partial charge in [0.1, 0.15) is 5.82 Å². The van der Waals surface area contributed by atoms with Gasteiger partial charge < -0.3 is 10.3 Å². The highest BCUT2D eigenvalue weighted by Crippen LogP contribution is 2.43. The summed E-state index contributed by atoms with van der Waals surface area (Å²) in [7, 11) is 0. The van der Waals surface area contributed by atoms with Crippen LogP contribution in [0.2, 0.25) is 0 Å². The molecule has 17 heavy (non-hydrogen) atoms. The van der Waals surface area contributed by atoms with Crippen LogP contribution in [0.15, 0.2) is 24.5 Å². The molecule has 2 aliphatic carbocycles. The zero-order valence-corrected chi connectivity index (χ0v) is 9.73. The van der Waals surface area contributed by atoms with Gasteiger partial charge in [-0.2, -0.15) is 0 Å². The first kappa shape index (κ1) is 10.6. The van der Waals surface area contributed by atoms with Crippen LogP contribution in [-0.2, 0) is 11.2 Å². The predicted octanol–water partition coefficient (Wildman–Crippen LogP) is 1.28. The maximum absolute atomic E-state index is 12.0. The number of carbonyl (C=O) groups excluding carboxylic acids is 1. The van der Waals surface area contributed by atoms with Crippen LogP contribution < -0.4 is 5.32 Å². The van der Waals surface area contributed by atoms with Gasteiger partial charge in [-0.25, -0.2) is 4.98 Å². The summed E-state index contributed by atoms with van der Waals surface area (Å²) in [5.41, 5.74) is 0. The van der Waals surface area contributed by atoms with Gasteiger partial charge in [0, 0.05) is 31.3 Å². The van der Waals surface area contributed by atoms with Crippen LogP contribution in [0.5, 0.6) is 0 Å². The number of fused-ring (bicyclic) bond motifs is 2. The molecule has 0 aromatic carbocycles. The van der Waals surface area contributed by atoms with E-state index in [0.29, 0.717) is 18.4 Å². The molecule has 0 spiro atoms. The zero-order chi connectivity index (χ0) is 11.7. The number of nitrogens with one attached hydrogen (secondary N) is 2. The smallest absolute Gasteiger partial charge is 0.223 e. The fourth-order valence-corrected chi connectivity index (χ4v) is 2.95. The number of imidazole rings is 1. The van der Waals surface area contributed by atoms with Crippen LogP contribution in [0.1, 0.15) is 18.7 Å². The third kappa shape index (κ3) is 2.12. The highest BCUT2D eigenvalue weighted by atomic mass is 16.1. The van der Waals surface area contributed by atoms with Crippen molar-refractivity contribution >= 4 is 5.91 Å². The van der Waals surface area contributed by atoms with Crippen molar-refractivity contribution in [3.05, 3.63) is 30.4 Å². The van der Waals surface area contributed by atoms with Crippen LogP contribution in [-0.4, -0.2) is 22.4 Å². The van der Waals surface area contributed by atoms with E-state index in [1.165, 1.54) is 6.42 Å². The minimum absolute atomic E-state index is 0.210. The van der Waals surface area contributed by atoms with Crippen LogP contribution in [0, 0.1) is 17.8 Å². The Bertz CT molecular complexity index is 424. The van der Waals surface area contributed by atoms with Gasteiger partial charge >= 0.3 is 0 Å². The van der Waals surface area contributed by atoms with Crippen LogP contribution in [0.3, 0.4) is 0 Å². The molecule has 0 aliphatic heterocycles. The molecule has 2 aliphatic rings. The Labute approximate surface area is 101 Å². The molecular formula is C13H17N3O. The first-order chi connectivity index (χ1) is 8.33. The number of allylic oxidation sites excluding steroid dienone is 2. The summed E-state index contributed by atoms with van der Waals surface area (Å²) in [6.45, 7) is 0.671. The Balaban J connectivity index is 1.46. The molecule has 0 radical (unpaired) electrons. The SMILES string of the molecule is O=C(NCCc1ncc[nH]1)C1CC2C=CC1C2. The van der Waals surface area contributed by atoms with Crippen molar-refractivity contribution in [3.63, 3.8) is 0 Å². The summed E-state index contributed by atoms with van der Waals surface area (Å²) in [5.74, 6) is 2.50. The quantitative estimate of drug-likeness (QED) is 0.767. The van der Waals surface area contributed by atoms with Gasteiger partial charge in [0.05, 0.1) is 0 Å². The fourth-order valence-electron chi connectivity index (χ4n) is 2.95. The molecule has 1 fully saturated rings. The van der Waals surface area contributed by atoms with E-state index in [1.807, 2.05) is 0 Å². The number of aromatic amines is 1. The van der Waals surface area contributed by atoms with Crippen LogP contribution >= 0.6 is 0 Å². The number of hydrogen-bond acceptors (Lipinski definition) is 2. The molecule has 4 nitrogen and oxygen atoms in total. The van der Waals surface area contributed by atoms with Crippen molar-refractivity contribution < 1.29 is 4.79 Å². The number of amides is 1. The number of carbonyl (C=O) groups is 1. The molecule has 3 atom stereocenters. The third-order valence-electron chi connectivity index (χ3n) is 3.83. The average molecular weight is 231 g/mol. The van der Waals surface area contributed by atoms with E-state index in [1.54, 1.807) is 12.4 Å². The van der Waals surface area contributed by atoms with Crippen LogP contribution in [0.25, 0.3) is 0 Å². The lowest BCUT2D eigenvalue weighted by Gasteiger charge is -2.17. The summed E-state index contributed by atoms with van der Waals surface area (Å²) in [5, 5.41) is 3.01. The van der Waals surface area contributed by atoms with Crippen molar-refractivity contribution in [2.24, 2.45) is 17.8 Å². The number of hydrogen-bond donors (Lipinski definition) is 2. The van der Waals surface area contributed by atoms with E-state index in [2.05, 4.69) is 27.4 Å². The molecule has 4 heteroatoms. The molecule has 2 N–H and O–H groups in total. The fraction of sp³-hybridized carbons (Fsp3) is 0.538. The Morgan fingerprint density at radius 3 is 3.06 bits per heavy atom. The van der Waals surface area contributed by atoms with Gasteiger partial charge in [0.25, 0.3) is 0 Å². The van der Waals surface area contributed by atoms with E-state index in [0.717, 1.165) is 18.7 Å². The van der Waals surface area contributed by atoms with Crippen LogP contribution in [0.4, 0.5) is 0 Å². The second-order valence-electron chi connectivity index (χ2n) is 4.96. The third-order valence-corrected chi connectivity index (χ3v) is 3.83. The molecule has 90 valence electrons. The van der Waals surface area contributed by atoms with Crippen molar-refractivity contribution in [1.82, 2.24) is 15.3 Å². The number of rotatable bonds is 4. The molecule has 1 heterocycles. The lowest BCUT2D eigenvalue weighted by Crippen LogP contribution is -2.34. The van der Waals surface area contributed by atoms with E-state index in [-0.39, 0.29) is 11.8 Å². The second kappa shape index (κ2) is 4.35. The summed E-state index contributed by atoms with van der Waals surface area (Å²) >= 11 is 0. The lowest BCUT2D eigenvalue weighted by molar-refractivity contribution is -0.125. The van der Waals surface area contributed by atoms with Gasteiger partial charge in [0.2, 0.25) is 5.91 Å². The van der Waals surface area contributed by atoms with E-state index >= 15 is 0 Å². The minimum Gasteiger partial charge on any atom is -0.355 e. The van der Waals surface area contributed by atoms with Gasteiger partial charge in [-0.1, -0.05) is 12.2 Å². The molecule has 1 aromatic rings. The minimum atomic E-state index is 0.210. The average Bonchev–Trinajstić information content (AvgIpc) is 3.05. The standard InChI is InChI=1S/C13H17N3O/c17-13(11-8-9-1-2-10(11)7-9)16-4-3-12-14-5-6-15-12/h1-2,5-6,9-11H,3-4,7-8H2,(H,14,15)(H,16,17). The molecule has 3 unspecified atom stereocenters. The highest BCUT2D eigenvalue weighted by molar-refractivity contribution is 5.79. The number of nitrogens with zero attached hydrogens (tertiary/aromatic N) is 1. The summed E-state index contributed by atoms with van der Waals surface area (Å²) < 4.78 is 0. The molecule has 0 saturated heterocycles. The number of H-pyrrole nitrogens is 1. The van der Waals surface area contributed by atoms with Gasteiger partial charge in [-0.05, 0) is 24.7 Å². The summed E-state index contributed by atoms with van der Waals surface area (Å²) in [6, 6.07) is 0. The lowest BCUT2D eigenvalue weighted by atomic mass is 9.93. The van der Waals surface area contributed by atoms with E-state index < -0.39 is 0 Å². The Morgan fingerprint density at radius 2 is 2.41 bits per heavy atom. The summed E-state index contributed by atoms with van der Waals surface area (Å²) in [6.07, 6.45) is 11.0. The molecule has 3 rings (SSSR count). The predicted molar refractivity (Wildman–Crippen MR) is 64.1 cm³/mol. The molecule has 1 saturated carbocycles. The van der Waals surface area contributed by atoms with Crippen molar-refractivity contribution in [2.45, 2.75) is 19.3 Å². The maximum atomic E-state index is 12.0. The Hall–Kier alpha value is -1.58. The maximum Gasteiger partial charge on any atom is 0.223 e. The van der Waals surface area contributed by atoms with E-state index in [9.17, 15) is 4.79 Å². The first-order valence-corrected chi connectivity index (χ1v) is 6.27. The zero-order valence-electron chi connectivity index (χ0n) is 9.73. The molecular weight excluding hydrogens is 214 g/mol. The second-order valence-corrected chi connectivity index (χ2v) is 4.96. The normalized spacial score (nSPS) is 29.8. The van der Waals surface area contributed by atoms with E-state index in [4.69, 9.17) is 0 Å². The van der Waals surface area contributed by atoms with Gasteiger partial charge in [-0.3, -0.25) is 4.79 Å². The number of aromatic nitrogens is 2. The molecule has 1 aromatic heterocycles.